The summed E-state index contributed by atoms with van der Waals surface area (Å²) in [5.74, 6) is -0.437. The Labute approximate surface area is 99.0 Å². The first kappa shape index (κ1) is 11.8. The number of ether oxygens (including phenoxy) is 1. The topological polar surface area (TPSA) is 29.5 Å². The van der Waals surface area contributed by atoms with E-state index in [1.807, 2.05) is 6.92 Å². The number of hydrogen-bond donors (Lipinski definition) is 1. The van der Waals surface area contributed by atoms with Crippen LogP contribution in [0.3, 0.4) is 0 Å². The summed E-state index contributed by atoms with van der Waals surface area (Å²) in [4.78, 5) is 0. The predicted octanol–water partition coefficient (Wildman–Crippen LogP) is 2.56. The molecule has 1 aliphatic heterocycles. The van der Waals surface area contributed by atoms with Crippen LogP contribution in [0.25, 0.3) is 0 Å². The van der Waals surface area contributed by atoms with E-state index in [9.17, 15) is 9.50 Å². The van der Waals surface area contributed by atoms with Crippen molar-refractivity contribution in [1.82, 2.24) is 0 Å². The summed E-state index contributed by atoms with van der Waals surface area (Å²) in [5.41, 5.74) is -0.0347. The lowest BCUT2D eigenvalue weighted by Gasteiger charge is -2.26. The van der Waals surface area contributed by atoms with E-state index in [-0.39, 0.29) is 11.1 Å². The quantitative estimate of drug-likeness (QED) is 0.867. The second-order valence-electron chi connectivity index (χ2n) is 4.29. The van der Waals surface area contributed by atoms with Crippen molar-refractivity contribution >= 4 is 11.6 Å². The van der Waals surface area contributed by atoms with Crippen LogP contribution in [0.15, 0.2) is 18.2 Å². The van der Waals surface area contributed by atoms with Gasteiger partial charge in [-0.3, -0.25) is 0 Å². The molecule has 0 aromatic heterocycles. The van der Waals surface area contributed by atoms with Crippen molar-refractivity contribution in [1.29, 1.82) is 0 Å². The lowest BCUT2D eigenvalue weighted by molar-refractivity contribution is -0.0268. The van der Waals surface area contributed by atoms with Gasteiger partial charge in [0, 0.05) is 19.4 Å². The molecule has 1 saturated heterocycles. The fourth-order valence-corrected chi connectivity index (χ4v) is 2.21. The van der Waals surface area contributed by atoms with Gasteiger partial charge in [0.15, 0.2) is 0 Å². The third kappa shape index (κ3) is 2.21. The average Bonchev–Trinajstić information content (AvgIpc) is 2.53. The fourth-order valence-electron chi connectivity index (χ4n) is 2.01. The van der Waals surface area contributed by atoms with Crippen molar-refractivity contribution in [3.8, 4) is 0 Å². The zero-order chi connectivity index (χ0) is 11.8. The molecule has 1 aliphatic rings. The maximum atomic E-state index is 13.0. The Balaban J connectivity index is 2.17. The van der Waals surface area contributed by atoms with E-state index in [4.69, 9.17) is 16.3 Å². The first-order chi connectivity index (χ1) is 7.51. The summed E-state index contributed by atoms with van der Waals surface area (Å²) < 4.78 is 18.3. The molecular weight excluding hydrogens is 231 g/mol. The maximum Gasteiger partial charge on any atom is 0.141 e. The van der Waals surface area contributed by atoms with Gasteiger partial charge in [-0.1, -0.05) is 17.7 Å². The highest BCUT2D eigenvalue weighted by Gasteiger charge is 2.39. The molecule has 1 aromatic carbocycles. The Morgan fingerprint density at radius 3 is 2.94 bits per heavy atom. The molecule has 0 saturated carbocycles. The highest BCUT2D eigenvalue weighted by molar-refractivity contribution is 6.30. The minimum absolute atomic E-state index is 0.0904. The highest BCUT2D eigenvalue weighted by atomic mass is 35.5. The Morgan fingerprint density at radius 1 is 1.62 bits per heavy atom. The molecule has 16 heavy (non-hydrogen) atoms. The molecular formula is C12H14ClFO2. The fraction of sp³-hybridized carbons (Fsp3) is 0.500. The minimum atomic E-state index is -0.860. The lowest BCUT2D eigenvalue weighted by atomic mass is 9.89. The van der Waals surface area contributed by atoms with Crippen LogP contribution in [-0.4, -0.2) is 23.4 Å². The molecule has 1 fully saturated rings. The number of hydrogen-bond acceptors (Lipinski definition) is 2. The summed E-state index contributed by atoms with van der Waals surface area (Å²) in [6.45, 7) is 2.41. The largest absolute Gasteiger partial charge is 0.387 e. The van der Waals surface area contributed by atoms with Crippen LogP contribution in [0.4, 0.5) is 4.39 Å². The van der Waals surface area contributed by atoms with Gasteiger partial charge in [0.25, 0.3) is 0 Å². The second kappa shape index (κ2) is 4.32. The molecule has 0 radical (unpaired) electrons. The van der Waals surface area contributed by atoms with Gasteiger partial charge in [0.1, 0.15) is 5.82 Å². The predicted molar refractivity (Wildman–Crippen MR) is 60.1 cm³/mol. The molecule has 0 bridgehead atoms. The van der Waals surface area contributed by atoms with Crippen LogP contribution in [0.1, 0.15) is 18.9 Å². The third-order valence-corrected chi connectivity index (χ3v) is 3.44. The van der Waals surface area contributed by atoms with Crippen molar-refractivity contribution in [3.63, 3.8) is 0 Å². The lowest BCUT2D eigenvalue weighted by Crippen LogP contribution is -2.38. The van der Waals surface area contributed by atoms with Crippen molar-refractivity contribution in [2.75, 3.05) is 6.61 Å². The Bertz CT molecular complexity index is 397. The molecule has 88 valence electrons. The van der Waals surface area contributed by atoms with Gasteiger partial charge in [-0.2, -0.15) is 0 Å². The number of halogens is 2. The van der Waals surface area contributed by atoms with Gasteiger partial charge in [0.2, 0.25) is 0 Å². The van der Waals surface area contributed by atoms with Crippen molar-refractivity contribution in [2.24, 2.45) is 0 Å². The maximum absolute atomic E-state index is 13.0. The monoisotopic (exact) mass is 244 g/mol. The first-order valence-electron chi connectivity index (χ1n) is 5.29. The standard InChI is InChI=1S/C12H14ClFO2/c1-8-12(15,4-5-16-8)7-9-2-3-11(14)10(13)6-9/h2-3,6,8,15H,4-5,7H2,1H3. The van der Waals surface area contributed by atoms with E-state index < -0.39 is 11.4 Å². The van der Waals surface area contributed by atoms with Crippen molar-refractivity contribution in [2.45, 2.75) is 31.5 Å². The summed E-state index contributed by atoms with van der Waals surface area (Å²) >= 11 is 5.69. The van der Waals surface area contributed by atoms with Crippen molar-refractivity contribution < 1.29 is 14.2 Å². The summed E-state index contributed by atoms with van der Waals surface area (Å²) in [6, 6.07) is 4.52. The van der Waals surface area contributed by atoms with Crippen LogP contribution in [-0.2, 0) is 11.2 Å². The summed E-state index contributed by atoms with van der Waals surface area (Å²) in [5, 5.41) is 10.4. The Kier molecular flexibility index (Phi) is 3.19. The average molecular weight is 245 g/mol. The number of rotatable bonds is 2. The summed E-state index contributed by atoms with van der Waals surface area (Å²) in [6.07, 6.45) is 0.841. The molecule has 4 heteroatoms. The van der Waals surface area contributed by atoms with Crippen LogP contribution in [0, 0.1) is 5.82 Å². The molecule has 2 unspecified atom stereocenters. The minimum Gasteiger partial charge on any atom is -0.387 e. The second-order valence-corrected chi connectivity index (χ2v) is 4.70. The normalized spacial score (nSPS) is 29.6. The summed E-state index contributed by atoms with van der Waals surface area (Å²) in [7, 11) is 0. The molecule has 1 N–H and O–H groups in total. The van der Waals surface area contributed by atoms with Gasteiger partial charge >= 0.3 is 0 Å². The van der Waals surface area contributed by atoms with Crippen LogP contribution >= 0.6 is 11.6 Å². The van der Waals surface area contributed by atoms with Gasteiger partial charge in [-0.25, -0.2) is 4.39 Å². The molecule has 2 rings (SSSR count). The molecule has 0 amide bonds. The molecule has 1 heterocycles. The SMILES string of the molecule is CC1OCCC1(O)Cc1ccc(F)c(Cl)c1. The van der Waals surface area contributed by atoms with Crippen molar-refractivity contribution in [3.05, 3.63) is 34.6 Å². The smallest absolute Gasteiger partial charge is 0.141 e. The number of aliphatic hydroxyl groups is 1. The van der Waals surface area contributed by atoms with E-state index in [0.29, 0.717) is 19.4 Å². The molecule has 2 atom stereocenters. The van der Waals surface area contributed by atoms with E-state index in [1.54, 1.807) is 12.1 Å². The van der Waals surface area contributed by atoms with E-state index in [0.717, 1.165) is 5.56 Å². The zero-order valence-corrected chi connectivity index (χ0v) is 9.80. The highest BCUT2D eigenvalue weighted by Crippen LogP contribution is 2.30. The number of benzene rings is 1. The van der Waals surface area contributed by atoms with Crippen LogP contribution < -0.4 is 0 Å². The molecule has 1 aromatic rings. The van der Waals surface area contributed by atoms with Gasteiger partial charge in [0.05, 0.1) is 16.7 Å². The van der Waals surface area contributed by atoms with Crippen LogP contribution in [0.5, 0.6) is 0 Å². The van der Waals surface area contributed by atoms with E-state index >= 15 is 0 Å². The Morgan fingerprint density at radius 2 is 2.38 bits per heavy atom. The third-order valence-electron chi connectivity index (χ3n) is 3.15. The molecule has 2 nitrogen and oxygen atoms in total. The van der Waals surface area contributed by atoms with Gasteiger partial charge in [-0.05, 0) is 24.6 Å². The Hall–Kier alpha value is -0.640. The first-order valence-corrected chi connectivity index (χ1v) is 5.67. The van der Waals surface area contributed by atoms with E-state index in [1.165, 1.54) is 6.07 Å². The van der Waals surface area contributed by atoms with Crippen LogP contribution in [0.2, 0.25) is 5.02 Å². The molecule has 0 aliphatic carbocycles. The van der Waals surface area contributed by atoms with Gasteiger partial charge in [-0.15, -0.1) is 0 Å². The van der Waals surface area contributed by atoms with E-state index in [2.05, 4.69) is 0 Å². The molecule has 0 spiro atoms. The van der Waals surface area contributed by atoms with Gasteiger partial charge < -0.3 is 9.84 Å². The zero-order valence-electron chi connectivity index (χ0n) is 9.04.